The number of fused-ring (bicyclic) bond motifs is 1. The van der Waals surface area contributed by atoms with Crippen molar-refractivity contribution in [3.63, 3.8) is 0 Å². The number of anilines is 3. The summed E-state index contributed by atoms with van der Waals surface area (Å²) < 4.78 is 11.7. The molecule has 0 radical (unpaired) electrons. The highest BCUT2D eigenvalue weighted by Crippen LogP contribution is 2.27. The molecule has 2 fully saturated rings. The van der Waals surface area contributed by atoms with Crippen LogP contribution in [0.2, 0.25) is 0 Å². The Hall–Kier alpha value is -3.23. The van der Waals surface area contributed by atoms with Gasteiger partial charge in [0.15, 0.2) is 5.82 Å². The normalized spacial score (nSPS) is 21.2. The molecular formula is C22H24N6O2. The van der Waals surface area contributed by atoms with Crippen LogP contribution in [0, 0.1) is 6.92 Å². The maximum atomic E-state index is 5.86. The van der Waals surface area contributed by atoms with Crippen molar-refractivity contribution in [2.75, 3.05) is 36.5 Å². The Morgan fingerprint density at radius 2 is 1.80 bits per heavy atom. The summed E-state index contributed by atoms with van der Waals surface area (Å²) >= 11 is 0. The maximum absolute atomic E-state index is 5.86. The van der Waals surface area contributed by atoms with Crippen molar-refractivity contribution in [3.8, 4) is 0 Å². The molecule has 2 atom stereocenters. The van der Waals surface area contributed by atoms with Gasteiger partial charge in [0.05, 0.1) is 18.9 Å². The molecule has 0 unspecified atom stereocenters. The number of rotatable bonds is 5. The standard InChI is InChI=1S/C22H24N6O2/c1-15-11-21(27-26-15)24-20-12-22(28-13-17-18(14-28)30-10-9-29-17)25-19(23-20)8-7-16-5-3-2-4-6-16/h2-8,11-12,17-18H,9-10,13-14H2,1H3,(H2,23,24,25,26,27)/b8-7+/t17-,18-/m1/s1. The van der Waals surface area contributed by atoms with Crippen molar-refractivity contribution in [3.05, 3.63) is 59.5 Å². The summed E-state index contributed by atoms with van der Waals surface area (Å²) in [5.41, 5.74) is 2.01. The molecule has 8 nitrogen and oxygen atoms in total. The summed E-state index contributed by atoms with van der Waals surface area (Å²) in [5.74, 6) is 2.97. The highest BCUT2D eigenvalue weighted by atomic mass is 16.6. The second-order valence-corrected chi connectivity index (χ2v) is 7.49. The van der Waals surface area contributed by atoms with Crippen LogP contribution in [0.3, 0.4) is 0 Å². The fourth-order valence-electron chi connectivity index (χ4n) is 3.76. The lowest BCUT2D eigenvalue weighted by Crippen LogP contribution is -2.36. The molecule has 2 aliphatic heterocycles. The lowest BCUT2D eigenvalue weighted by molar-refractivity contribution is -0.116. The van der Waals surface area contributed by atoms with Gasteiger partial charge in [0.25, 0.3) is 0 Å². The number of ether oxygens (including phenoxy) is 2. The van der Waals surface area contributed by atoms with Gasteiger partial charge in [-0.15, -0.1) is 0 Å². The van der Waals surface area contributed by atoms with Crippen LogP contribution < -0.4 is 10.2 Å². The molecule has 0 spiro atoms. The van der Waals surface area contributed by atoms with E-state index in [2.05, 4.69) is 25.4 Å². The molecule has 2 aromatic heterocycles. The zero-order valence-electron chi connectivity index (χ0n) is 16.8. The molecule has 0 saturated carbocycles. The average molecular weight is 404 g/mol. The van der Waals surface area contributed by atoms with E-state index in [1.807, 2.05) is 61.5 Å². The van der Waals surface area contributed by atoms with Crippen LogP contribution >= 0.6 is 0 Å². The molecule has 2 saturated heterocycles. The van der Waals surface area contributed by atoms with Gasteiger partial charge >= 0.3 is 0 Å². The Labute approximate surface area is 175 Å². The highest BCUT2D eigenvalue weighted by Gasteiger charge is 2.37. The number of nitrogens with one attached hydrogen (secondary N) is 2. The van der Waals surface area contributed by atoms with Crippen LogP contribution in [0.5, 0.6) is 0 Å². The molecule has 154 valence electrons. The van der Waals surface area contributed by atoms with E-state index in [0.29, 0.717) is 24.9 Å². The van der Waals surface area contributed by atoms with Crippen molar-refractivity contribution in [2.45, 2.75) is 19.1 Å². The first kappa shape index (κ1) is 18.8. The van der Waals surface area contributed by atoms with Gasteiger partial charge in [-0.2, -0.15) is 5.10 Å². The lowest BCUT2D eigenvalue weighted by Gasteiger charge is -2.24. The highest BCUT2D eigenvalue weighted by molar-refractivity contribution is 5.69. The topological polar surface area (TPSA) is 88.2 Å². The maximum Gasteiger partial charge on any atom is 0.156 e. The molecule has 8 heteroatoms. The fourth-order valence-corrected chi connectivity index (χ4v) is 3.76. The molecule has 1 aromatic carbocycles. The van der Waals surface area contributed by atoms with E-state index in [0.717, 1.165) is 36.0 Å². The molecule has 3 aromatic rings. The second kappa shape index (κ2) is 8.25. The van der Waals surface area contributed by atoms with Crippen LogP contribution in [0.4, 0.5) is 17.5 Å². The predicted octanol–water partition coefficient (Wildman–Crippen LogP) is 3.03. The molecule has 4 heterocycles. The summed E-state index contributed by atoms with van der Waals surface area (Å²) in [6.07, 6.45) is 4.12. The van der Waals surface area contributed by atoms with Gasteiger partial charge < -0.3 is 19.7 Å². The first-order valence-electron chi connectivity index (χ1n) is 10.1. The largest absolute Gasteiger partial charge is 0.371 e. The van der Waals surface area contributed by atoms with Crippen molar-refractivity contribution in [1.82, 2.24) is 20.2 Å². The van der Waals surface area contributed by atoms with Crippen LogP contribution in [0.25, 0.3) is 12.2 Å². The average Bonchev–Trinajstić information content (AvgIpc) is 3.39. The van der Waals surface area contributed by atoms with E-state index >= 15 is 0 Å². The summed E-state index contributed by atoms with van der Waals surface area (Å²) in [6.45, 7) is 4.75. The van der Waals surface area contributed by atoms with E-state index in [-0.39, 0.29) is 12.2 Å². The Morgan fingerprint density at radius 1 is 1.03 bits per heavy atom. The van der Waals surface area contributed by atoms with Gasteiger partial charge in [0, 0.05) is 25.2 Å². The third kappa shape index (κ3) is 4.19. The fraction of sp³-hybridized carbons (Fsp3) is 0.318. The monoisotopic (exact) mass is 404 g/mol. The molecule has 0 bridgehead atoms. The summed E-state index contributed by atoms with van der Waals surface area (Å²) in [5, 5.41) is 10.4. The summed E-state index contributed by atoms with van der Waals surface area (Å²) in [7, 11) is 0. The molecule has 2 N–H and O–H groups in total. The van der Waals surface area contributed by atoms with Gasteiger partial charge in [0.2, 0.25) is 0 Å². The van der Waals surface area contributed by atoms with E-state index < -0.39 is 0 Å². The number of H-pyrrole nitrogens is 1. The van der Waals surface area contributed by atoms with Crippen LogP contribution in [0.15, 0.2) is 42.5 Å². The summed E-state index contributed by atoms with van der Waals surface area (Å²) in [6, 6.07) is 14.0. The van der Waals surface area contributed by atoms with Gasteiger partial charge in [0.1, 0.15) is 29.7 Å². The molecule has 2 aliphatic rings. The summed E-state index contributed by atoms with van der Waals surface area (Å²) in [4.78, 5) is 11.7. The molecule has 0 aliphatic carbocycles. The van der Waals surface area contributed by atoms with E-state index in [1.165, 1.54) is 0 Å². The number of benzene rings is 1. The van der Waals surface area contributed by atoms with E-state index in [1.54, 1.807) is 0 Å². The van der Waals surface area contributed by atoms with Crippen LogP contribution in [-0.2, 0) is 9.47 Å². The Morgan fingerprint density at radius 3 is 2.50 bits per heavy atom. The van der Waals surface area contributed by atoms with Crippen molar-refractivity contribution in [1.29, 1.82) is 0 Å². The molecule has 0 amide bonds. The van der Waals surface area contributed by atoms with Gasteiger partial charge in [-0.3, -0.25) is 5.10 Å². The van der Waals surface area contributed by atoms with Crippen LogP contribution in [0.1, 0.15) is 17.1 Å². The SMILES string of the molecule is Cc1cc(Nc2cc(N3C[C@H]4OCCO[C@@H]4C3)nc(/C=C/c3ccccc3)n2)[nH]n1. The van der Waals surface area contributed by atoms with E-state index in [4.69, 9.17) is 14.5 Å². The third-order valence-electron chi connectivity index (χ3n) is 5.21. The zero-order valence-corrected chi connectivity index (χ0v) is 16.8. The first-order valence-corrected chi connectivity index (χ1v) is 10.1. The number of aromatic nitrogens is 4. The Bertz CT molecular complexity index is 1020. The Balaban J connectivity index is 1.44. The third-order valence-corrected chi connectivity index (χ3v) is 5.21. The van der Waals surface area contributed by atoms with Crippen LogP contribution in [-0.4, -0.2) is 58.7 Å². The number of hydrogen-bond donors (Lipinski definition) is 2. The number of aromatic amines is 1. The van der Waals surface area contributed by atoms with Gasteiger partial charge in [-0.1, -0.05) is 36.4 Å². The van der Waals surface area contributed by atoms with E-state index in [9.17, 15) is 0 Å². The minimum absolute atomic E-state index is 0.0868. The predicted molar refractivity (Wildman–Crippen MR) is 116 cm³/mol. The molecule has 30 heavy (non-hydrogen) atoms. The van der Waals surface area contributed by atoms with Gasteiger partial charge in [-0.05, 0) is 18.6 Å². The minimum atomic E-state index is 0.0868. The minimum Gasteiger partial charge on any atom is -0.371 e. The van der Waals surface area contributed by atoms with Gasteiger partial charge in [-0.25, -0.2) is 9.97 Å². The second-order valence-electron chi connectivity index (χ2n) is 7.49. The number of nitrogens with zero attached hydrogens (tertiary/aromatic N) is 4. The Kier molecular flexibility index (Phi) is 5.17. The zero-order chi connectivity index (χ0) is 20.3. The molecule has 5 rings (SSSR count). The molecular weight excluding hydrogens is 380 g/mol. The lowest BCUT2D eigenvalue weighted by atomic mass is 10.2. The van der Waals surface area contributed by atoms with Crippen molar-refractivity contribution >= 4 is 29.6 Å². The number of aryl methyl sites for hydroxylation is 1. The van der Waals surface area contributed by atoms with Crippen molar-refractivity contribution in [2.24, 2.45) is 0 Å². The number of hydrogen-bond acceptors (Lipinski definition) is 7. The quantitative estimate of drug-likeness (QED) is 0.676. The van der Waals surface area contributed by atoms with Crippen molar-refractivity contribution < 1.29 is 9.47 Å². The first-order chi connectivity index (χ1) is 14.7. The smallest absolute Gasteiger partial charge is 0.156 e.